The van der Waals surface area contributed by atoms with Crippen LogP contribution in [0.1, 0.15) is 38.2 Å². The van der Waals surface area contributed by atoms with Gasteiger partial charge in [0.2, 0.25) is 5.91 Å². The average Bonchev–Trinajstić information content (AvgIpc) is 2.49. The first-order valence-electron chi connectivity index (χ1n) is 7.32. The number of nitrogens with two attached hydrogens (primary N) is 1. The van der Waals surface area contributed by atoms with Crippen LogP contribution in [0.2, 0.25) is 0 Å². The molecule has 0 aliphatic heterocycles. The zero-order valence-corrected chi connectivity index (χ0v) is 12.6. The number of nitrogens with zero attached hydrogens (tertiary/aromatic N) is 1. The van der Waals surface area contributed by atoms with Crippen molar-refractivity contribution in [1.82, 2.24) is 4.90 Å². The van der Waals surface area contributed by atoms with Crippen molar-refractivity contribution in [3.63, 3.8) is 0 Å². The third-order valence-electron chi connectivity index (χ3n) is 3.36. The lowest BCUT2D eigenvalue weighted by Gasteiger charge is -2.21. The number of methoxy groups -OCH3 is 1. The Balaban J connectivity index is 2.46. The van der Waals surface area contributed by atoms with Crippen molar-refractivity contribution in [2.45, 2.75) is 39.2 Å². The Kier molecular flexibility index (Phi) is 7.73. The molecule has 2 N–H and O–H groups in total. The van der Waals surface area contributed by atoms with Gasteiger partial charge in [0.15, 0.2) is 0 Å². The molecular weight excluding hydrogens is 252 g/mol. The highest BCUT2D eigenvalue weighted by atomic mass is 16.5. The summed E-state index contributed by atoms with van der Waals surface area (Å²) in [7, 11) is 1.65. The first-order valence-corrected chi connectivity index (χ1v) is 7.32. The second-order valence-electron chi connectivity index (χ2n) is 4.86. The molecule has 20 heavy (non-hydrogen) atoms. The summed E-state index contributed by atoms with van der Waals surface area (Å²) in [6, 6.07) is 7.86. The molecule has 0 radical (unpaired) electrons. The summed E-state index contributed by atoms with van der Waals surface area (Å²) in [6.45, 7) is 4.12. The second-order valence-corrected chi connectivity index (χ2v) is 4.86. The van der Waals surface area contributed by atoms with Gasteiger partial charge in [-0.25, -0.2) is 0 Å². The number of amides is 1. The molecule has 1 aromatic rings. The standard InChI is InChI=1S/C16H26N2O2/c1-3-18(16(19)7-5-4-6-12-17)13-14-8-10-15(20-2)11-9-14/h8-11H,3-7,12-13,17H2,1-2H3. The fraction of sp³-hybridized carbons (Fsp3) is 0.562. The Bertz CT molecular complexity index is 390. The maximum Gasteiger partial charge on any atom is 0.222 e. The molecule has 0 saturated heterocycles. The zero-order chi connectivity index (χ0) is 14.8. The molecule has 0 spiro atoms. The molecule has 112 valence electrons. The van der Waals surface area contributed by atoms with Crippen molar-refractivity contribution in [2.24, 2.45) is 5.73 Å². The Labute approximate surface area is 121 Å². The molecule has 4 heteroatoms. The summed E-state index contributed by atoms with van der Waals surface area (Å²) in [6.07, 6.45) is 3.57. The van der Waals surface area contributed by atoms with Gasteiger partial charge in [-0.15, -0.1) is 0 Å². The van der Waals surface area contributed by atoms with E-state index < -0.39 is 0 Å². The molecule has 0 heterocycles. The van der Waals surface area contributed by atoms with Crippen LogP contribution in [0.5, 0.6) is 5.75 Å². The van der Waals surface area contributed by atoms with Crippen LogP contribution < -0.4 is 10.5 Å². The topological polar surface area (TPSA) is 55.6 Å². The van der Waals surface area contributed by atoms with E-state index in [1.807, 2.05) is 36.1 Å². The molecule has 1 rings (SSSR count). The molecule has 4 nitrogen and oxygen atoms in total. The molecule has 0 fully saturated rings. The fourth-order valence-electron chi connectivity index (χ4n) is 2.08. The van der Waals surface area contributed by atoms with Gasteiger partial charge in [0, 0.05) is 19.5 Å². The van der Waals surface area contributed by atoms with Crippen LogP contribution in [0.4, 0.5) is 0 Å². The van der Waals surface area contributed by atoms with Gasteiger partial charge < -0.3 is 15.4 Å². The minimum atomic E-state index is 0.223. The van der Waals surface area contributed by atoms with Gasteiger partial charge in [0.05, 0.1) is 7.11 Å². The van der Waals surface area contributed by atoms with Crippen LogP contribution in [-0.4, -0.2) is 31.0 Å². The van der Waals surface area contributed by atoms with E-state index in [1.165, 1.54) is 0 Å². The van der Waals surface area contributed by atoms with Crippen LogP contribution in [0, 0.1) is 0 Å². The number of carbonyl (C=O) groups is 1. The van der Waals surface area contributed by atoms with Crippen LogP contribution in [-0.2, 0) is 11.3 Å². The highest BCUT2D eigenvalue weighted by molar-refractivity contribution is 5.76. The van der Waals surface area contributed by atoms with Crippen molar-refractivity contribution in [3.05, 3.63) is 29.8 Å². The Morgan fingerprint density at radius 2 is 1.90 bits per heavy atom. The molecule has 0 atom stereocenters. The normalized spacial score (nSPS) is 10.3. The van der Waals surface area contributed by atoms with Gasteiger partial charge >= 0.3 is 0 Å². The Hall–Kier alpha value is -1.55. The number of benzene rings is 1. The highest BCUT2D eigenvalue weighted by Gasteiger charge is 2.11. The number of hydrogen-bond donors (Lipinski definition) is 1. The van der Waals surface area contributed by atoms with E-state index in [9.17, 15) is 4.79 Å². The lowest BCUT2D eigenvalue weighted by Crippen LogP contribution is -2.30. The van der Waals surface area contributed by atoms with Gasteiger partial charge in [-0.2, -0.15) is 0 Å². The fourth-order valence-corrected chi connectivity index (χ4v) is 2.08. The van der Waals surface area contributed by atoms with Crippen molar-refractivity contribution in [2.75, 3.05) is 20.2 Å². The molecule has 1 aromatic carbocycles. The summed E-state index contributed by atoms with van der Waals surface area (Å²) in [4.78, 5) is 14.0. The number of hydrogen-bond acceptors (Lipinski definition) is 3. The van der Waals surface area contributed by atoms with Gasteiger partial charge in [0.25, 0.3) is 0 Å². The number of carbonyl (C=O) groups excluding carboxylic acids is 1. The maximum absolute atomic E-state index is 12.1. The quantitative estimate of drug-likeness (QED) is 0.706. The Morgan fingerprint density at radius 1 is 1.20 bits per heavy atom. The lowest BCUT2D eigenvalue weighted by molar-refractivity contribution is -0.131. The van der Waals surface area contributed by atoms with Gasteiger partial charge in [-0.05, 0) is 44.0 Å². The van der Waals surface area contributed by atoms with E-state index in [2.05, 4.69) is 0 Å². The van der Waals surface area contributed by atoms with Gasteiger partial charge in [0.1, 0.15) is 5.75 Å². The van der Waals surface area contributed by atoms with Crippen molar-refractivity contribution < 1.29 is 9.53 Å². The van der Waals surface area contributed by atoms with Gasteiger partial charge in [-0.1, -0.05) is 18.6 Å². The summed E-state index contributed by atoms with van der Waals surface area (Å²) < 4.78 is 5.13. The SMILES string of the molecule is CCN(Cc1ccc(OC)cc1)C(=O)CCCCCN. The van der Waals surface area contributed by atoms with E-state index in [4.69, 9.17) is 10.5 Å². The average molecular weight is 278 g/mol. The molecular formula is C16H26N2O2. The van der Waals surface area contributed by atoms with Crippen LogP contribution in [0.3, 0.4) is 0 Å². The first kappa shape index (κ1) is 16.5. The predicted molar refractivity (Wildman–Crippen MR) is 81.6 cm³/mol. The van der Waals surface area contributed by atoms with Crippen molar-refractivity contribution in [1.29, 1.82) is 0 Å². The molecule has 0 saturated carbocycles. The van der Waals surface area contributed by atoms with Crippen LogP contribution in [0.25, 0.3) is 0 Å². The van der Waals surface area contributed by atoms with E-state index in [-0.39, 0.29) is 5.91 Å². The van der Waals surface area contributed by atoms with E-state index in [0.717, 1.165) is 37.1 Å². The summed E-state index contributed by atoms with van der Waals surface area (Å²) in [5.74, 6) is 1.06. The number of ether oxygens (including phenoxy) is 1. The second kappa shape index (κ2) is 9.37. The molecule has 0 aliphatic rings. The largest absolute Gasteiger partial charge is 0.497 e. The van der Waals surface area contributed by atoms with Crippen LogP contribution >= 0.6 is 0 Å². The zero-order valence-electron chi connectivity index (χ0n) is 12.6. The molecule has 1 amide bonds. The molecule has 0 aliphatic carbocycles. The smallest absolute Gasteiger partial charge is 0.222 e. The molecule has 0 aromatic heterocycles. The van der Waals surface area contributed by atoms with E-state index >= 15 is 0 Å². The van der Waals surface area contributed by atoms with E-state index in [1.54, 1.807) is 7.11 Å². The first-order chi connectivity index (χ1) is 9.71. The summed E-state index contributed by atoms with van der Waals surface area (Å²) >= 11 is 0. The minimum absolute atomic E-state index is 0.223. The molecule has 0 unspecified atom stereocenters. The summed E-state index contributed by atoms with van der Waals surface area (Å²) in [5.41, 5.74) is 6.58. The number of rotatable bonds is 9. The monoisotopic (exact) mass is 278 g/mol. The van der Waals surface area contributed by atoms with Crippen molar-refractivity contribution in [3.8, 4) is 5.75 Å². The molecule has 0 bridgehead atoms. The Morgan fingerprint density at radius 3 is 2.45 bits per heavy atom. The predicted octanol–water partition coefficient (Wildman–Crippen LogP) is 2.56. The lowest BCUT2D eigenvalue weighted by atomic mass is 10.1. The maximum atomic E-state index is 12.1. The summed E-state index contributed by atoms with van der Waals surface area (Å²) in [5, 5.41) is 0. The van der Waals surface area contributed by atoms with E-state index in [0.29, 0.717) is 19.5 Å². The van der Waals surface area contributed by atoms with Crippen molar-refractivity contribution >= 4 is 5.91 Å². The third-order valence-corrected chi connectivity index (χ3v) is 3.36. The van der Waals surface area contributed by atoms with Gasteiger partial charge in [-0.3, -0.25) is 4.79 Å². The minimum Gasteiger partial charge on any atom is -0.497 e. The number of unbranched alkanes of at least 4 members (excludes halogenated alkanes) is 2. The third kappa shape index (κ3) is 5.61. The van der Waals surface area contributed by atoms with Crippen LogP contribution in [0.15, 0.2) is 24.3 Å². The highest BCUT2D eigenvalue weighted by Crippen LogP contribution is 2.14.